The molecule has 25 heavy (non-hydrogen) atoms. The summed E-state index contributed by atoms with van der Waals surface area (Å²) in [5.41, 5.74) is 3.18. The Morgan fingerprint density at radius 1 is 1.04 bits per heavy atom. The summed E-state index contributed by atoms with van der Waals surface area (Å²) in [5.74, 6) is 0.0787. The fourth-order valence-electron chi connectivity index (χ4n) is 4.00. The summed E-state index contributed by atoms with van der Waals surface area (Å²) < 4.78 is 13.4. The summed E-state index contributed by atoms with van der Waals surface area (Å²) in [6.45, 7) is 3.54. The topological polar surface area (TPSA) is 23.6 Å². The summed E-state index contributed by atoms with van der Waals surface area (Å²) in [6.07, 6.45) is 2.56. The number of likely N-dealkylation sites (tertiary alicyclic amines) is 1. The molecule has 0 radical (unpaired) electrons. The monoisotopic (exact) mass is 338 g/mol. The van der Waals surface area contributed by atoms with Gasteiger partial charge < -0.3 is 4.90 Å². The molecule has 1 saturated heterocycles. The van der Waals surface area contributed by atoms with Gasteiger partial charge in [0.1, 0.15) is 5.82 Å². The number of nitrogens with zero attached hydrogens (tertiary/aromatic N) is 2. The van der Waals surface area contributed by atoms with Crippen LogP contribution in [-0.4, -0.2) is 30.4 Å². The first-order chi connectivity index (χ1) is 12.2. The van der Waals surface area contributed by atoms with Crippen LogP contribution in [0.5, 0.6) is 0 Å². The Morgan fingerprint density at radius 3 is 2.56 bits per heavy atom. The van der Waals surface area contributed by atoms with Crippen LogP contribution in [0.4, 0.5) is 10.1 Å². The molecule has 0 aliphatic carbocycles. The second-order valence-electron chi connectivity index (χ2n) is 7.05. The van der Waals surface area contributed by atoms with Gasteiger partial charge in [0.05, 0.1) is 0 Å². The third kappa shape index (κ3) is 3.45. The van der Waals surface area contributed by atoms with Crippen LogP contribution in [-0.2, 0) is 17.8 Å². The molecule has 2 aromatic rings. The molecule has 1 fully saturated rings. The van der Waals surface area contributed by atoms with Gasteiger partial charge >= 0.3 is 0 Å². The molecule has 0 saturated carbocycles. The Balaban J connectivity index is 1.36. The smallest absolute Gasteiger partial charge is 0.230 e. The molecule has 2 heterocycles. The molecule has 3 nitrogen and oxygen atoms in total. The number of piperidine rings is 1. The maximum atomic E-state index is 13.4. The number of rotatable bonds is 3. The van der Waals surface area contributed by atoms with Crippen LogP contribution in [0.15, 0.2) is 48.5 Å². The molecule has 4 rings (SSSR count). The van der Waals surface area contributed by atoms with E-state index >= 15 is 0 Å². The van der Waals surface area contributed by atoms with Crippen molar-refractivity contribution in [3.8, 4) is 0 Å². The summed E-state index contributed by atoms with van der Waals surface area (Å²) >= 11 is 0. The second-order valence-corrected chi connectivity index (χ2v) is 7.05. The molecule has 0 unspecified atom stereocenters. The van der Waals surface area contributed by atoms with E-state index in [2.05, 4.69) is 29.2 Å². The van der Waals surface area contributed by atoms with E-state index in [1.54, 1.807) is 12.1 Å². The van der Waals surface area contributed by atoms with E-state index in [-0.39, 0.29) is 17.6 Å². The van der Waals surface area contributed by atoms with Gasteiger partial charge in [-0.25, -0.2) is 4.39 Å². The van der Waals surface area contributed by atoms with Crippen molar-refractivity contribution in [2.24, 2.45) is 5.92 Å². The minimum atomic E-state index is -0.220. The number of carbonyl (C=O) groups excluding carboxylic acids is 1. The Morgan fingerprint density at radius 2 is 1.80 bits per heavy atom. The number of anilines is 1. The van der Waals surface area contributed by atoms with Crippen molar-refractivity contribution in [3.63, 3.8) is 0 Å². The van der Waals surface area contributed by atoms with Crippen molar-refractivity contribution in [1.29, 1.82) is 0 Å². The molecule has 0 N–H and O–H groups in total. The van der Waals surface area contributed by atoms with Crippen LogP contribution < -0.4 is 4.90 Å². The second kappa shape index (κ2) is 6.96. The zero-order chi connectivity index (χ0) is 17.2. The van der Waals surface area contributed by atoms with Crippen LogP contribution in [0.25, 0.3) is 0 Å². The average Bonchev–Trinajstić information content (AvgIpc) is 3.05. The van der Waals surface area contributed by atoms with Crippen LogP contribution >= 0.6 is 0 Å². The molecule has 0 spiro atoms. The number of hydrogen-bond donors (Lipinski definition) is 0. The number of benzene rings is 2. The van der Waals surface area contributed by atoms with Gasteiger partial charge in [-0.1, -0.05) is 30.3 Å². The Bertz CT molecular complexity index is 754. The number of hydrogen-bond acceptors (Lipinski definition) is 2. The Hall–Kier alpha value is -2.20. The Kier molecular flexibility index (Phi) is 4.53. The lowest BCUT2D eigenvalue weighted by Gasteiger charge is -2.33. The molecule has 0 atom stereocenters. The van der Waals surface area contributed by atoms with Gasteiger partial charge in [0, 0.05) is 24.7 Å². The van der Waals surface area contributed by atoms with E-state index in [1.165, 1.54) is 11.6 Å². The van der Waals surface area contributed by atoms with Gasteiger partial charge in [-0.2, -0.15) is 0 Å². The van der Waals surface area contributed by atoms with Crippen LogP contribution in [0, 0.1) is 11.7 Å². The Labute approximate surface area is 148 Å². The van der Waals surface area contributed by atoms with E-state index in [0.717, 1.165) is 50.1 Å². The van der Waals surface area contributed by atoms with Crippen LogP contribution in [0.1, 0.15) is 24.0 Å². The molecule has 0 bridgehead atoms. The largest absolute Gasteiger partial charge is 0.312 e. The van der Waals surface area contributed by atoms with Gasteiger partial charge in [-0.05, 0) is 61.7 Å². The highest BCUT2D eigenvalue weighted by atomic mass is 19.1. The maximum absolute atomic E-state index is 13.4. The van der Waals surface area contributed by atoms with E-state index in [9.17, 15) is 9.18 Å². The molecular formula is C21H23FN2O. The lowest BCUT2D eigenvalue weighted by atomic mass is 9.95. The van der Waals surface area contributed by atoms with Gasteiger partial charge in [0.15, 0.2) is 0 Å². The standard InChI is InChI=1S/C21H23FN2O/c22-19-6-7-20-18(14-19)10-13-24(20)21(25)17-8-11-23(12-9-17)15-16-4-2-1-3-5-16/h1-7,14,17H,8-13,15H2. The molecule has 0 aromatic heterocycles. The predicted octanol–water partition coefficient (Wildman–Crippen LogP) is 3.63. The third-order valence-electron chi connectivity index (χ3n) is 5.39. The van der Waals surface area contributed by atoms with E-state index in [0.29, 0.717) is 6.54 Å². The van der Waals surface area contributed by atoms with Gasteiger partial charge in [0.25, 0.3) is 0 Å². The highest BCUT2D eigenvalue weighted by Crippen LogP contribution is 2.31. The predicted molar refractivity (Wildman–Crippen MR) is 96.9 cm³/mol. The fourth-order valence-corrected chi connectivity index (χ4v) is 4.00. The lowest BCUT2D eigenvalue weighted by molar-refractivity contribution is -0.123. The van der Waals surface area contributed by atoms with Gasteiger partial charge in [-0.15, -0.1) is 0 Å². The van der Waals surface area contributed by atoms with Crippen molar-refractivity contribution in [2.45, 2.75) is 25.8 Å². The first-order valence-electron chi connectivity index (χ1n) is 9.07. The zero-order valence-corrected chi connectivity index (χ0v) is 14.3. The van der Waals surface area contributed by atoms with Gasteiger partial charge in [0.2, 0.25) is 5.91 Å². The highest BCUT2D eigenvalue weighted by Gasteiger charge is 2.32. The minimum absolute atomic E-state index is 0.0861. The summed E-state index contributed by atoms with van der Waals surface area (Å²) in [6, 6.07) is 15.2. The van der Waals surface area contributed by atoms with Crippen molar-refractivity contribution < 1.29 is 9.18 Å². The summed E-state index contributed by atoms with van der Waals surface area (Å²) in [7, 11) is 0. The quantitative estimate of drug-likeness (QED) is 0.853. The van der Waals surface area contributed by atoms with E-state index in [4.69, 9.17) is 0 Å². The summed E-state index contributed by atoms with van der Waals surface area (Å²) in [5, 5.41) is 0. The first kappa shape index (κ1) is 16.3. The SMILES string of the molecule is O=C(C1CCN(Cc2ccccc2)CC1)N1CCc2cc(F)ccc21. The lowest BCUT2D eigenvalue weighted by Crippen LogP contribution is -2.41. The molecule has 2 aliphatic heterocycles. The third-order valence-corrected chi connectivity index (χ3v) is 5.39. The number of halogens is 1. The van der Waals surface area contributed by atoms with Crippen LogP contribution in [0.2, 0.25) is 0 Å². The van der Waals surface area contributed by atoms with Crippen molar-refractivity contribution in [1.82, 2.24) is 4.90 Å². The number of carbonyl (C=O) groups is 1. The van der Waals surface area contributed by atoms with Crippen molar-refractivity contribution in [2.75, 3.05) is 24.5 Å². The van der Waals surface area contributed by atoms with E-state index in [1.807, 2.05) is 11.0 Å². The molecule has 2 aliphatic rings. The minimum Gasteiger partial charge on any atom is -0.312 e. The van der Waals surface area contributed by atoms with Crippen LogP contribution in [0.3, 0.4) is 0 Å². The molecule has 130 valence electrons. The fraction of sp³-hybridized carbons (Fsp3) is 0.381. The van der Waals surface area contributed by atoms with Crippen molar-refractivity contribution >= 4 is 11.6 Å². The van der Waals surface area contributed by atoms with Gasteiger partial charge in [-0.3, -0.25) is 9.69 Å². The van der Waals surface area contributed by atoms with Crippen molar-refractivity contribution in [3.05, 3.63) is 65.5 Å². The number of amides is 1. The molecule has 1 amide bonds. The molecular weight excluding hydrogens is 315 g/mol. The molecule has 4 heteroatoms. The average molecular weight is 338 g/mol. The van der Waals surface area contributed by atoms with E-state index < -0.39 is 0 Å². The number of fused-ring (bicyclic) bond motifs is 1. The molecule has 2 aromatic carbocycles. The highest BCUT2D eigenvalue weighted by molar-refractivity contribution is 5.97. The normalized spacial score (nSPS) is 18.4. The first-order valence-corrected chi connectivity index (χ1v) is 9.07. The maximum Gasteiger partial charge on any atom is 0.230 e. The zero-order valence-electron chi connectivity index (χ0n) is 14.3. The summed E-state index contributed by atoms with van der Waals surface area (Å²) in [4.78, 5) is 17.2.